The zero-order chi connectivity index (χ0) is 10.3. The summed E-state index contributed by atoms with van der Waals surface area (Å²) >= 11 is 0. The molecule has 0 spiro atoms. The van der Waals surface area contributed by atoms with Gasteiger partial charge in [0.05, 0.1) is 5.69 Å². The van der Waals surface area contributed by atoms with Gasteiger partial charge in [0.2, 0.25) is 5.91 Å². The van der Waals surface area contributed by atoms with Gasteiger partial charge in [0, 0.05) is 0 Å². The number of hydrogen-bond donors (Lipinski definition) is 2. The lowest BCUT2D eigenvalue weighted by atomic mass is 10.2. The summed E-state index contributed by atoms with van der Waals surface area (Å²) in [7, 11) is 0. The summed E-state index contributed by atoms with van der Waals surface area (Å²) in [6, 6.07) is 2.21. The van der Waals surface area contributed by atoms with Gasteiger partial charge in [0.1, 0.15) is 12.2 Å². The number of halogens is 2. The molecule has 1 amide bonds. The minimum atomic E-state index is -1.05. The Morgan fingerprint density at radius 1 is 1.43 bits per heavy atom. The van der Waals surface area contributed by atoms with Crippen molar-refractivity contribution >= 4 is 17.3 Å². The molecule has 0 atom stereocenters. The number of amides is 1. The number of nitrogens with zero attached hydrogens (tertiary/aromatic N) is 1. The van der Waals surface area contributed by atoms with E-state index in [2.05, 4.69) is 5.32 Å². The first-order valence-electron chi connectivity index (χ1n) is 3.89. The monoisotopic (exact) mass is 199 g/mol. The fraction of sp³-hybridized carbons (Fsp3) is 0.125. The van der Waals surface area contributed by atoms with Crippen molar-refractivity contribution in [3.05, 3.63) is 23.8 Å². The summed E-state index contributed by atoms with van der Waals surface area (Å²) in [6.07, 6.45) is 0. The normalized spacial score (nSPS) is 15.1. The van der Waals surface area contributed by atoms with E-state index in [1.807, 2.05) is 0 Å². The Balaban J connectivity index is 2.59. The van der Waals surface area contributed by atoms with Gasteiger partial charge >= 0.3 is 0 Å². The number of nitrogens with one attached hydrogen (secondary N) is 1. The van der Waals surface area contributed by atoms with Gasteiger partial charge in [0.25, 0.3) is 0 Å². The van der Waals surface area contributed by atoms with E-state index in [1.54, 1.807) is 0 Å². The molecule has 0 radical (unpaired) electrons. The van der Waals surface area contributed by atoms with Gasteiger partial charge in [-0.15, -0.1) is 0 Å². The first kappa shape index (κ1) is 8.89. The van der Waals surface area contributed by atoms with Crippen LogP contribution >= 0.6 is 0 Å². The molecule has 0 aliphatic carbocycles. The van der Waals surface area contributed by atoms with Crippen LogP contribution in [0.3, 0.4) is 0 Å². The summed E-state index contributed by atoms with van der Waals surface area (Å²) < 4.78 is 26.0. The number of fused-ring (bicyclic) bond motifs is 1. The number of carbonyl (C=O) groups excluding carboxylic acids is 1. The van der Waals surface area contributed by atoms with Crippen LogP contribution in [0.5, 0.6) is 0 Å². The first-order chi connectivity index (χ1) is 6.59. The van der Waals surface area contributed by atoms with Gasteiger partial charge in [-0.2, -0.15) is 0 Å². The van der Waals surface area contributed by atoms with Crippen LogP contribution in [0, 0.1) is 11.6 Å². The van der Waals surface area contributed by atoms with Crippen molar-refractivity contribution in [2.24, 2.45) is 5.84 Å². The maximum atomic E-state index is 13.2. The number of benzene rings is 1. The third kappa shape index (κ3) is 1.20. The molecule has 0 saturated carbocycles. The molecule has 1 aromatic carbocycles. The minimum absolute atomic E-state index is 0.121. The summed E-state index contributed by atoms with van der Waals surface area (Å²) in [5, 5.41) is 3.27. The maximum Gasteiger partial charge on any atom is 0.245 e. The zero-order valence-corrected chi connectivity index (χ0v) is 7.05. The molecule has 3 N–H and O–H groups in total. The van der Waals surface area contributed by atoms with Crippen LogP contribution in [0.1, 0.15) is 0 Å². The molecule has 74 valence electrons. The lowest BCUT2D eigenvalue weighted by Crippen LogP contribution is -2.43. The fourth-order valence-corrected chi connectivity index (χ4v) is 1.35. The Hall–Kier alpha value is -1.69. The smallest absolute Gasteiger partial charge is 0.245 e. The van der Waals surface area contributed by atoms with E-state index >= 15 is 0 Å². The average Bonchev–Trinajstić information content (AvgIpc) is 2.10. The van der Waals surface area contributed by atoms with E-state index < -0.39 is 11.6 Å². The van der Waals surface area contributed by atoms with E-state index in [0.29, 0.717) is 0 Å². The van der Waals surface area contributed by atoms with Crippen molar-refractivity contribution in [3.8, 4) is 0 Å². The van der Waals surface area contributed by atoms with Crippen molar-refractivity contribution in [2.45, 2.75) is 0 Å². The molecule has 4 nitrogen and oxygen atoms in total. The first-order valence-corrected chi connectivity index (χ1v) is 3.89. The molecule has 0 fully saturated rings. The lowest BCUT2D eigenvalue weighted by Gasteiger charge is -2.26. The van der Waals surface area contributed by atoms with E-state index in [9.17, 15) is 13.6 Å². The van der Waals surface area contributed by atoms with Crippen LogP contribution in [0.25, 0.3) is 0 Å². The SMILES string of the molecule is NN1CC(=O)Nc2ccc(F)c(F)c21. The maximum absolute atomic E-state index is 13.2. The van der Waals surface area contributed by atoms with Gasteiger partial charge in [-0.05, 0) is 12.1 Å². The largest absolute Gasteiger partial charge is 0.323 e. The van der Waals surface area contributed by atoms with Crippen LogP contribution in [0.4, 0.5) is 20.2 Å². The Labute approximate surface area is 78.3 Å². The van der Waals surface area contributed by atoms with Crippen molar-refractivity contribution in [2.75, 3.05) is 16.9 Å². The Morgan fingerprint density at radius 2 is 2.14 bits per heavy atom. The highest BCUT2D eigenvalue weighted by Crippen LogP contribution is 2.31. The van der Waals surface area contributed by atoms with Crippen molar-refractivity contribution < 1.29 is 13.6 Å². The molecule has 0 aromatic heterocycles. The number of anilines is 2. The molecular formula is C8H7F2N3O. The third-order valence-electron chi connectivity index (χ3n) is 1.94. The van der Waals surface area contributed by atoms with Crippen LogP contribution in [-0.4, -0.2) is 12.5 Å². The molecule has 0 unspecified atom stereocenters. The van der Waals surface area contributed by atoms with E-state index in [-0.39, 0.29) is 23.8 Å². The second kappa shape index (κ2) is 2.91. The molecule has 14 heavy (non-hydrogen) atoms. The number of rotatable bonds is 0. The third-order valence-corrected chi connectivity index (χ3v) is 1.94. The van der Waals surface area contributed by atoms with Crippen LogP contribution in [0.2, 0.25) is 0 Å². The second-order valence-corrected chi connectivity index (χ2v) is 2.93. The standard InChI is InChI=1S/C8H7F2N3O/c9-4-1-2-5-8(7(4)10)13(11)3-6(14)12-5/h1-2H,3,11H2,(H,12,14). The lowest BCUT2D eigenvalue weighted by molar-refractivity contribution is -0.115. The highest BCUT2D eigenvalue weighted by molar-refractivity contribution is 6.00. The van der Waals surface area contributed by atoms with Crippen molar-refractivity contribution in [3.63, 3.8) is 0 Å². The van der Waals surface area contributed by atoms with E-state index in [4.69, 9.17) is 5.84 Å². The minimum Gasteiger partial charge on any atom is -0.323 e. The Bertz CT molecular complexity index is 408. The molecular weight excluding hydrogens is 192 g/mol. The van der Waals surface area contributed by atoms with Crippen LogP contribution < -0.4 is 16.2 Å². The van der Waals surface area contributed by atoms with Gasteiger partial charge in [0.15, 0.2) is 11.6 Å². The molecule has 1 aliphatic rings. The summed E-state index contributed by atoms with van der Waals surface area (Å²) in [5.74, 6) is 2.98. The number of nitrogens with two attached hydrogens (primary N) is 1. The number of hydrogen-bond acceptors (Lipinski definition) is 3. The van der Waals surface area contributed by atoms with Crippen molar-refractivity contribution in [1.82, 2.24) is 0 Å². The van der Waals surface area contributed by atoms with Gasteiger partial charge in [-0.25, -0.2) is 14.6 Å². The highest BCUT2D eigenvalue weighted by atomic mass is 19.2. The predicted molar refractivity (Wildman–Crippen MR) is 46.5 cm³/mol. The molecule has 6 heteroatoms. The summed E-state index contributed by atoms with van der Waals surface area (Å²) in [4.78, 5) is 11.0. The Kier molecular flexibility index (Phi) is 1.85. The summed E-state index contributed by atoms with van der Waals surface area (Å²) in [6.45, 7) is -0.187. The zero-order valence-electron chi connectivity index (χ0n) is 7.05. The molecule has 1 heterocycles. The summed E-state index contributed by atoms with van der Waals surface area (Å²) in [5.41, 5.74) is 0.0623. The average molecular weight is 199 g/mol. The topological polar surface area (TPSA) is 58.4 Å². The second-order valence-electron chi connectivity index (χ2n) is 2.93. The van der Waals surface area contributed by atoms with Crippen LogP contribution in [-0.2, 0) is 4.79 Å². The molecule has 0 bridgehead atoms. The molecule has 2 rings (SSSR count). The van der Waals surface area contributed by atoms with Gasteiger partial charge in [-0.1, -0.05) is 0 Å². The fourth-order valence-electron chi connectivity index (χ4n) is 1.35. The number of carbonyl (C=O) groups is 1. The molecule has 1 aromatic rings. The predicted octanol–water partition coefficient (Wildman–Crippen LogP) is 0.597. The van der Waals surface area contributed by atoms with Crippen molar-refractivity contribution in [1.29, 1.82) is 0 Å². The molecule has 0 saturated heterocycles. The number of hydrazine groups is 1. The van der Waals surface area contributed by atoms with E-state index in [0.717, 1.165) is 11.1 Å². The van der Waals surface area contributed by atoms with Crippen LogP contribution in [0.15, 0.2) is 12.1 Å². The van der Waals surface area contributed by atoms with Gasteiger partial charge < -0.3 is 5.32 Å². The van der Waals surface area contributed by atoms with E-state index in [1.165, 1.54) is 6.07 Å². The highest BCUT2D eigenvalue weighted by Gasteiger charge is 2.24. The molecule has 1 aliphatic heterocycles. The van der Waals surface area contributed by atoms with Gasteiger partial charge in [-0.3, -0.25) is 9.80 Å². The quantitative estimate of drug-likeness (QED) is 0.601. The Morgan fingerprint density at radius 3 is 2.86 bits per heavy atom.